The molecule has 0 bridgehead atoms. The number of rotatable bonds is 7. The summed E-state index contributed by atoms with van der Waals surface area (Å²) >= 11 is 1.58. The van der Waals surface area contributed by atoms with E-state index in [1.54, 1.807) is 11.5 Å². The average molecular weight is 473 g/mol. The van der Waals surface area contributed by atoms with Crippen LogP contribution >= 0.6 is 11.5 Å². The monoisotopic (exact) mass is 472 g/mol. The van der Waals surface area contributed by atoms with Crippen molar-refractivity contribution in [2.75, 3.05) is 42.9 Å². The molecule has 0 spiro atoms. The zero-order valence-electron chi connectivity index (χ0n) is 19.0. The molecular formula is C27H28N4O2S. The van der Waals surface area contributed by atoms with E-state index in [2.05, 4.69) is 45.4 Å². The molecule has 3 aromatic carbocycles. The number of carbonyl (C=O) groups excluding carboxylic acids is 1. The molecule has 1 aliphatic heterocycles. The molecule has 0 saturated carbocycles. The zero-order valence-corrected chi connectivity index (χ0v) is 19.8. The van der Waals surface area contributed by atoms with Crippen LogP contribution in [0.1, 0.15) is 11.1 Å². The van der Waals surface area contributed by atoms with E-state index in [1.165, 1.54) is 15.6 Å². The van der Waals surface area contributed by atoms with Gasteiger partial charge in [0.25, 0.3) is 0 Å². The van der Waals surface area contributed by atoms with E-state index in [1.807, 2.05) is 48.5 Å². The topological polar surface area (TPSA) is 57.7 Å². The van der Waals surface area contributed by atoms with E-state index in [9.17, 15) is 4.79 Å². The lowest BCUT2D eigenvalue weighted by Crippen LogP contribution is -2.47. The molecule has 0 radical (unpaired) electrons. The molecule has 0 unspecified atom stereocenters. The Bertz CT molecular complexity index is 1240. The first-order chi connectivity index (χ1) is 16.7. The molecule has 34 heavy (non-hydrogen) atoms. The maximum absolute atomic E-state index is 12.2. The second-order valence-electron chi connectivity index (χ2n) is 8.47. The summed E-state index contributed by atoms with van der Waals surface area (Å²) in [6.07, 6.45) is 0.500. The van der Waals surface area contributed by atoms with Crippen molar-refractivity contribution in [3.8, 4) is 0 Å². The first kappa shape index (κ1) is 22.4. The molecule has 2 heterocycles. The molecule has 7 heteroatoms. The third kappa shape index (κ3) is 5.55. The number of carbonyl (C=O) groups is 1. The van der Waals surface area contributed by atoms with E-state index in [0.717, 1.165) is 56.2 Å². The predicted molar refractivity (Wildman–Crippen MR) is 139 cm³/mol. The number of aromatic nitrogens is 1. The summed E-state index contributed by atoms with van der Waals surface area (Å²) in [6, 6.07) is 26.1. The smallest absolute Gasteiger partial charge is 0.411 e. The Morgan fingerprint density at radius 2 is 1.68 bits per heavy atom. The number of hydrogen-bond donors (Lipinski definition) is 1. The lowest BCUT2D eigenvalue weighted by atomic mass is 10.1. The van der Waals surface area contributed by atoms with Crippen LogP contribution in [0, 0.1) is 0 Å². The van der Waals surface area contributed by atoms with Crippen molar-refractivity contribution in [3.05, 3.63) is 90.0 Å². The van der Waals surface area contributed by atoms with Crippen LogP contribution in [0.25, 0.3) is 10.1 Å². The Kier molecular flexibility index (Phi) is 7.02. The normalized spacial score (nSPS) is 14.3. The fourth-order valence-electron chi connectivity index (χ4n) is 4.25. The number of nitrogens with one attached hydrogen (secondary N) is 1. The molecule has 1 saturated heterocycles. The third-order valence-corrected chi connectivity index (χ3v) is 6.95. The summed E-state index contributed by atoms with van der Waals surface area (Å²) in [5, 5.41) is 4.10. The summed E-state index contributed by atoms with van der Waals surface area (Å²) in [6.45, 7) is 5.28. The van der Waals surface area contributed by atoms with Gasteiger partial charge in [-0.25, -0.2) is 4.79 Å². The maximum atomic E-state index is 12.2. The van der Waals surface area contributed by atoms with Gasteiger partial charge >= 0.3 is 6.09 Å². The van der Waals surface area contributed by atoms with Gasteiger partial charge in [0.2, 0.25) is 0 Å². The lowest BCUT2D eigenvalue weighted by molar-refractivity contribution is 0.155. The highest BCUT2D eigenvalue weighted by atomic mass is 32.1. The number of piperazine rings is 1. The summed E-state index contributed by atoms with van der Waals surface area (Å²) in [5.74, 6) is 1.12. The van der Waals surface area contributed by atoms with Crippen molar-refractivity contribution in [2.24, 2.45) is 0 Å². The molecule has 1 aliphatic rings. The number of nitrogens with zero attached hydrogens (tertiary/aromatic N) is 3. The number of amides is 1. The van der Waals surface area contributed by atoms with Gasteiger partial charge in [-0.1, -0.05) is 54.6 Å². The van der Waals surface area contributed by atoms with Gasteiger partial charge in [0.15, 0.2) is 0 Å². The number of anilines is 2. The zero-order chi connectivity index (χ0) is 23.2. The molecule has 6 nitrogen and oxygen atoms in total. The number of fused-ring (bicyclic) bond motifs is 1. The van der Waals surface area contributed by atoms with Gasteiger partial charge in [-0.3, -0.25) is 10.2 Å². The number of ether oxygens (including phenoxy) is 1. The largest absolute Gasteiger partial charge is 0.444 e. The first-order valence-corrected chi connectivity index (χ1v) is 12.4. The van der Waals surface area contributed by atoms with Crippen LogP contribution in [0.3, 0.4) is 0 Å². The number of hydrogen-bond acceptors (Lipinski definition) is 6. The van der Waals surface area contributed by atoms with Crippen molar-refractivity contribution in [2.45, 2.75) is 13.0 Å². The van der Waals surface area contributed by atoms with Crippen LogP contribution in [-0.2, 0) is 17.8 Å². The maximum Gasteiger partial charge on any atom is 0.411 e. The average Bonchev–Trinajstić information content (AvgIpc) is 3.32. The van der Waals surface area contributed by atoms with Crippen LogP contribution in [0.4, 0.5) is 16.3 Å². The highest BCUT2D eigenvalue weighted by Crippen LogP contribution is 2.29. The molecule has 1 fully saturated rings. The van der Waals surface area contributed by atoms with Gasteiger partial charge < -0.3 is 9.64 Å². The molecule has 5 rings (SSSR count). The molecule has 1 aromatic heterocycles. The Hall–Kier alpha value is -3.42. The van der Waals surface area contributed by atoms with E-state index in [0.29, 0.717) is 0 Å². The molecule has 0 atom stereocenters. The van der Waals surface area contributed by atoms with Crippen molar-refractivity contribution < 1.29 is 9.53 Å². The van der Waals surface area contributed by atoms with Crippen LogP contribution in [-0.4, -0.2) is 48.1 Å². The van der Waals surface area contributed by atoms with E-state index < -0.39 is 6.09 Å². The van der Waals surface area contributed by atoms with E-state index in [4.69, 9.17) is 9.11 Å². The van der Waals surface area contributed by atoms with Gasteiger partial charge in [-0.05, 0) is 53.3 Å². The minimum atomic E-state index is -0.438. The summed E-state index contributed by atoms with van der Waals surface area (Å²) in [5.41, 5.74) is 2.93. The highest BCUT2D eigenvalue weighted by Gasteiger charge is 2.20. The second-order valence-corrected chi connectivity index (χ2v) is 9.27. The molecular weight excluding hydrogens is 444 g/mol. The fraction of sp³-hybridized carbons (Fsp3) is 0.259. The fourth-order valence-corrected chi connectivity index (χ4v) is 5.05. The van der Waals surface area contributed by atoms with Crippen LogP contribution in [0.5, 0.6) is 0 Å². The van der Waals surface area contributed by atoms with Crippen molar-refractivity contribution in [1.29, 1.82) is 0 Å². The molecule has 1 N–H and O–H groups in total. The Labute approximate surface area is 203 Å². The van der Waals surface area contributed by atoms with Crippen molar-refractivity contribution >= 4 is 39.2 Å². The van der Waals surface area contributed by atoms with E-state index in [-0.39, 0.29) is 6.61 Å². The Morgan fingerprint density at radius 3 is 2.53 bits per heavy atom. The second kappa shape index (κ2) is 10.7. The minimum Gasteiger partial charge on any atom is -0.444 e. The van der Waals surface area contributed by atoms with Crippen molar-refractivity contribution in [1.82, 2.24) is 9.27 Å². The Balaban J connectivity index is 1.09. The number of benzene rings is 3. The van der Waals surface area contributed by atoms with Gasteiger partial charge in [0.05, 0.1) is 4.70 Å². The summed E-state index contributed by atoms with van der Waals surface area (Å²) < 4.78 is 11.3. The standard InChI is InChI=1S/C27H28N4O2S/c32-27(33-20-22-7-2-1-3-8-22)28-23-10-6-9-21(19-23)13-14-30-15-17-31(18-16-30)26-24-11-4-5-12-25(24)34-29-26/h1-12,19H,13-18,20H2,(H,28,32). The molecule has 4 aromatic rings. The van der Waals surface area contributed by atoms with Gasteiger partial charge in [-0.15, -0.1) is 0 Å². The van der Waals surface area contributed by atoms with Crippen molar-refractivity contribution in [3.63, 3.8) is 0 Å². The molecule has 0 aliphatic carbocycles. The van der Waals surface area contributed by atoms with E-state index >= 15 is 0 Å². The SMILES string of the molecule is O=C(Nc1cccc(CCN2CCN(c3nsc4ccccc34)CC2)c1)OCc1ccccc1. The summed E-state index contributed by atoms with van der Waals surface area (Å²) in [7, 11) is 0. The van der Waals surface area contributed by atoms with Gasteiger partial charge in [0, 0.05) is 43.8 Å². The molecule has 174 valence electrons. The summed E-state index contributed by atoms with van der Waals surface area (Å²) in [4.78, 5) is 17.1. The van der Waals surface area contributed by atoms with Crippen LogP contribution in [0.15, 0.2) is 78.9 Å². The predicted octanol–water partition coefficient (Wildman–Crippen LogP) is 5.41. The Morgan fingerprint density at radius 1 is 0.912 bits per heavy atom. The lowest BCUT2D eigenvalue weighted by Gasteiger charge is -2.35. The third-order valence-electron chi connectivity index (χ3n) is 6.13. The van der Waals surface area contributed by atoms with Crippen LogP contribution in [0.2, 0.25) is 0 Å². The highest BCUT2D eigenvalue weighted by molar-refractivity contribution is 7.13. The quantitative estimate of drug-likeness (QED) is 0.390. The van der Waals surface area contributed by atoms with Gasteiger partial charge in [0.1, 0.15) is 12.4 Å². The minimum absolute atomic E-state index is 0.259. The first-order valence-electron chi connectivity index (χ1n) is 11.6. The van der Waals surface area contributed by atoms with Crippen LogP contribution < -0.4 is 10.2 Å². The molecule has 1 amide bonds. The van der Waals surface area contributed by atoms with Gasteiger partial charge in [-0.2, -0.15) is 4.37 Å².